The van der Waals surface area contributed by atoms with Crippen LogP contribution in [0.3, 0.4) is 0 Å². The fourth-order valence-electron chi connectivity index (χ4n) is 1.72. The predicted molar refractivity (Wildman–Crippen MR) is 38.7 cm³/mol. The molecule has 1 saturated heterocycles. The first-order valence-electron chi connectivity index (χ1n) is 3.23. The maximum Gasteiger partial charge on any atom is 0.0514 e. The third kappa shape index (κ3) is 0.578. The molecule has 0 spiro atoms. The molecule has 0 radical (unpaired) electrons. The van der Waals surface area contributed by atoms with Gasteiger partial charge in [0.05, 0.1) is 6.61 Å². The lowest BCUT2D eigenvalue weighted by molar-refractivity contribution is 0.217. The van der Waals surface area contributed by atoms with Gasteiger partial charge in [-0.05, 0) is 6.42 Å². The maximum atomic E-state index is 8.96. The molecule has 1 saturated carbocycles. The number of halogens is 1. The van der Waals surface area contributed by atoms with E-state index in [2.05, 4.69) is 21.2 Å². The van der Waals surface area contributed by atoms with Crippen LogP contribution < -0.4 is 5.32 Å². The third-order valence-corrected chi connectivity index (χ3v) is 4.02. The second-order valence-electron chi connectivity index (χ2n) is 3.18. The Morgan fingerprint density at radius 3 is 2.56 bits per heavy atom. The largest absolute Gasteiger partial charge is 0.396 e. The summed E-state index contributed by atoms with van der Waals surface area (Å²) in [6.45, 7) is 2.33. The normalized spacial score (nSPS) is 55.3. The Balaban J connectivity index is 2.19. The van der Waals surface area contributed by atoms with Crippen LogP contribution in [-0.4, -0.2) is 29.1 Å². The second kappa shape index (κ2) is 1.52. The summed E-state index contributed by atoms with van der Waals surface area (Å²) in [6.07, 6.45) is 1.14. The number of hydrogen-bond acceptors (Lipinski definition) is 2. The summed E-state index contributed by atoms with van der Waals surface area (Å²) in [7, 11) is 0. The molecule has 0 amide bonds. The first-order valence-corrected chi connectivity index (χ1v) is 4.02. The summed E-state index contributed by atoms with van der Waals surface area (Å²) in [6, 6.07) is 0. The van der Waals surface area contributed by atoms with E-state index in [1.165, 1.54) is 0 Å². The molecule has 2 fully saturated rings. The van der Waals surface area contributed by atoms with Gasteiger partial charge in [-0.15, -0.1) is 0 Å². The molecule has 2 unspecified atom stereocenters. The molecule has 3 heteroatoms. The second-order valence-corrected chi connectivity index (χ2v) is 4.70. The molecular formula is C6H10BrNO. The molecule has 2 N–H and O–H groups in total. The molecule has 2 rings (SSSR count). The first-order chi connectivity index (χ1) is 4.22. The molecule has 1 aliphatic carbocycles. The van der Waals surface area contributed by atoms with E-state index in [1.807, 2.05) is 0 Å². The average Bonchev–Trinajstić information content (AvgIpc) is 2.29. The number of hydrogen-bond donors (Lipinski definition) is 2. The van der Waals surface area contributed by atoms with Crippen LogP contribution in [0.2, 0.25) is 0 Å². The smallest absolute Gasteiger partial charge is 0.0514 e. The summed E-state index contributed by atoms with van der Waals surface area (Å²) in [5.41, 5.74) is 0.201. The van der Waals surface area contributed by atoms with Crippen molar-refractivity contribution in [2.45, 2.75) is 10.7 Å². The minimum atomic E-state index is 0.201. The van der Waals surface area contributed by atoms with Gasteiger partial charge >= 0.3 is 0 Å². The van der Waals surface area contributed by atoms with Crippen LogP contribution in [0.1, 0.15) is 6.42 Å². The standard InChI is InChI=1S/C6H10BrNO/c7-6-1-5(6,4-9)2-8-3-6/h8-9H,1-4H2. The Morgan fingerprint density at radius 2 is 2.33 bits per heavy atom. The van der Waals surface area contributed by atoms with Gasteiger partial charge < -0.3 is 10.4 Å². The van der Waals surface area contributed by atoms with E-state index in [0.717, 1.165) is 19.5 Å². The van der Waals surface area contributed by atoms with Crippen molar-refractivity contribution >= 4 is 15.9 Å². The van der Waals surface area contributed by atoms with Gasteiger partial charge in [0, 0.05) is 22.8 Å². The fourth-order valence-corrected chi connectivity index (χ4v) is 2.72. The van der Waals surface area contributed by atoms with Gasteiger partial charge in [-0.25, -0.2) is 0 Å². The highest BCUT2D eigenvalue weighted by atomic mass is 79.9. The number of fused-ring (bicyclic) bond motifs is 1. The van der Waals surface area contributed by atoms with E-state index < -0.39 is 0 Å². The topological polar surface area (TPSA) is 32.3 Å². The molecule has 0 bridgehead atoms. The van der Waals surface area contributed by atoms with Crippen LogP contribution in [0.4, 0.5) is 0 Å². The van der Waals surface area contributed by atoms with Crippen molar-refractivity contribution in [3.63, 3.8) is 0 Å². The van der Waals surface area contributed by atoms with Crippen LogP contribution in [0.5, 0.6) is 0 Å². The zero-order chi connectivity index (χ0) is 6.54. The van der Waals surface area contributed by atoms with Gasteiger partial charge in [0.15, 0.2) is 0 Å². The zero-order valence-electron chi connectivity index (χ0n) is 5.15. The fraction of sp³-hybridized carbons (Fsp3) is 1.00. The monoisotopic (exact) mass is 191 g/mol. The Labute approximate surface area is 62.8 Å². The van der Waals surface area contributed by atoms with Gasteiger partial charge in [-0.3, -0.25) is 0 Å². The summed E-state index contributed by atoms with van der Waals surface area (Å²) >= 11 is 3.61. The molecule has 0 aromatic rings. The highest BCUT2D eigenvalue weighted by Crippen LogP contribution is 2.63. The van der Waals surface area contributed by atoms with Gasteiger partial charge in [0.2, 0.25) is 0 Å². The summed E-state index contributed by atoms with van der Waals surface area (Å²) in [5.74, 6) is 0. The van der Waals surface area contributed by atoms with E-state index >= 15 is 0 Å². The van der Waals surface area contributed by atoms with Gasteiger partial charge in [0.25, 0.3) is 0 Å². The number of aliphatic hydroxyl groups excluding tert-OH is 1. The minimum absolute atomic E-state index is 0.201. The lowest BCUT2D eigenvalue weighted by Gasteiger charge is -2.05. The average molecular weight is 192 g/mol. The van der Waals surface area contributed by atoms with Crippen LogP contribution in [0.25, 0.3) is 0 Å². The van der Waals surface area contributed by atoms with Crippen molar-refractivity contribution in [2.24, 2.45) is 5.41 Å². The molecule has 2 nitrogen and oxygen atoms in total. The van der Waals surface area contributed by atoms with Crippen molar-refractivity contribution < 1.29 is 5.11 Å². The van der Waals surface area contributed by atoms with Crippen molar-refractivity contribution in [1.82, 2.24) is 5.32 Å². The van der Waals surface area contributed by atoms with Crippen LogP contribution in [0, 0.1) is 5.41 Å². The SMILES string of the molecule is OCC12CNCC1(Br)C2. The molecule has 1 aliphatic heterocycles. The summed E-state index contributed by atoms with van der Waals surface area (Å²) in [5, 5.41) is 12.2. The van der Waals surface area contributed by atoms with E-state index in [-0.39, 0.29) is 9.74 Å². The zero-order valence-corrected chi connectivity index (χ0v) is 6.74. The molecule has 2 aliphatic rings. The Kier molecular flexibility index (Phi) is 1.04. The van der Waals surface area contributed by atoms with Gasteiger partial charge in [-0.1, -0.05) is 15.9 Å². The third-order valence-electron chi connectivity index (χ3n) is 2.62. The molecule has 9 heavy (non-hydrogen) atoms. The number of alkyl halides is 1. The summed E-state index contributed by atoms with van der Waals surface area (Å²) < 4.78 is 0.259. The first kappa shape index (κ1) is 6.13. The highest BCUT2D eigenvalue weighted by Gasteiger charge is 2.68. The van der Waals surface area contributed by atoms with Crippen molar-refractivity contribution in [2.75, 3.05) is 19.7 Å². The lowest BCUT2D eigenvalue weighted by Crippen LogP contribution is -2.18. The number of piperidine rings is 1. The molecule has 1 heterocycles. The van der Waals surface area contributed by atoms with E-state index in [0.29, 0.717) is 6.61 Å². The number of rotatable bonds is 1. The van der Waals surface area contributed by atoms with Crippen molar-refractivity contribution in [3.05, 3.63) is 0 Å². The Hall–Kier alpha value is 0.400. The number of nitrogens with one attached hydrogen (secondary N) is 1. The van der Waals surface area contributed by atoms with Crippen molar-refractivity contribution in [3.8, 4) is 0 Å². The van der Waals surface area contributed by atoms with Crippen molar-refractivity contribution in [1.29, 1.82) is 0 Å². The quantitative estimate of drug-likeness (QED) is 0.577. The number of aliphatic hydroxyl groups is 1. The Morgan fingerprint density at radius 1 is 1.56 bits per heavy atom. The van der Waals surface area contributed by atoms with Crippen LogP contribution in [-0.2, 0) is 0 Å². The molecule has 0 aromatic carbocycles. The van der Waals surface area contributed by atoms with E-state index in [1.54, 1.807) is 0 Å². The predicted octanol–water partition coefficient (Wildman–Crippen LogP) is 0.106. The van der Waals surface area contributed by atoms with E-state index in [9.17, 15) is 0 Å². The van der Waals surface area contributed by atoms with Gasteiger partial charge in [-0.2, -0.15) is 0 Å². The Bertz CT molecular complexity index is 148. The highest BCUT2D eigenvalue weighted by molar-refractivity contribution is 9.10. The van der Waals surface area contributed by atoms with Crippen LogP contribution >= 0.6 is 15.9 Å². The molecule has 2 atom stereocenters. The van der Waals surface area contributed by atoms with Crippen LogP contribution in [0.15, 0.2) is 0 Å². The van der Waals surface area contributed by atoms with Gasteiger partial charge in [0.1, 0.15) is 0 Å². The molecule has 0 aromatic heterocycles. The molecular weight excluding hydrogens is 182 g/mol. The van der Waals surface area contributed by atoms with E-state index in [4.69, 9.17) is 5.11 Å². The summed E-state index contributed by atoms with van der Waals surface area (Å²) in [4.78, 5) is 0. The molecule has 52 valence electrons. The maximum absolute atomic E-state index is 8.96. The minimum Gasteiger partial charge on any atom is -0.396 e. The lowest BCUT2D eigenvalue weighted by atomic mass is 10.1.